The van der Waals surface area contributed by atoms with Gasteiger partial charge < -0.3 is 5.73 Å². The van der Waals surface area contributed by atoms with Crippen molar-refractivity contribution in [2.45, 2.75) is 32.1 Å². The Morgan fingerprint density at radius 2 is 2.15 bits per heavy atom. The summed E-state index contributed by atoms with van der Waals surface area (Å²) in [5, 5.41) is 0.673. The molecule has 1 atom stereocenters. The Morgan fingerprint density at radius 3 is 2.62 bits per heavy atom. The number of thiophene rings is 1. The zero-order chi connectivity index (χ0) is 9.84. The molecule has 0 radical (unpaired) electrons. The van der Waals surface area contributed by atoms with Gasteiger partial charge in [0.25, 0.3) is 0 Å². The molecule has 1 heterocycles. The first-order chi connectivity index (χ1) is 6.09. The Morgan fingerprint density at radius 1 is 1.46 bits per heavy atom. The SMILES string of the molecule is Cc1ccc(C(N)CSC(C)C)s1. The highest BCUT2D eigenvalue weighted by Crippen LogP contribution is 2.24. The second kappa shape index (κ2) is 5.03. The van der Waals surface area contributed by atoms with Crippen LogP contribution in [0, 0.1) is 6.92 Å². The molecule has 0 saturated heterocycles. The summed E-state index contributed by atoms with van der Waals surface area (Å²) < 4.78 is 0. The maximum Gasteiger partial charge on any atom is 0.0481 e. The van der Waals surface area contributed by atoms with E-state index in [-0.39, 0.29) is 6.04 Å². The van der Waals surface area contributed by atoms with Crippen molar-refractivity contribution in [1.82, 2.24) is 0 Å². The third kappa shape index (κ3) is 3.71. The zero-order valence-electron chi connectivity index (χ0n) is 8.41. The Balaban J connectivity index is 2.44. The molecule has 0 spiro atoms. The van der Waals surface area contributed by atoms with Crippen molar-refractivity contribution in [3.63, 3.8) is 0 Å². The van der Waals surface area contributed by atoms with Crippen LogP contribution in [0.5, 0.6) is 0 Å². The minimum atomic E-state index is 0.214. The lowest BCUT2D eigenvalue weighted by Gasteiger charge is -2.10. The molecule has 0 bridgehead atoms. The predicted octanol–water partition coefficient (Wildman–Crippen LogP) is 3.20. The molecule has 0 aromatic carbocycles. The van der Waals surface area contributed by atoms with Gasteiger partial charge in [-0.15, -0.1) is 11.3 Å². The van der Waals surface area contributed by atoms with Crippen LogP contribution < -0.4 is 5.73 Å². The molecular weight excluding hydrogens is 198 g/mol. The summed E-state index contributed by atoms with van der Waals surface area (Å²) in [6, 6.07) is 4.50. The van der Waals surface area contributed by atoms with E-state index in [1.165, 1.54) is 9.75 Å². The summed E-state index contributed by atoms with van der Waals surface area (Å²) in [5.74, 6) is 1.03. The van der Waals surface area contributed by atoms with Crippen molar-refractivity contribution >= 4 is 23.1 Å². The van der Waals surface area contributed by atoms with Crippen LogP contribution in [0.3, 0.4) is 0 Å². The number of thioether (sulfide) groups is 1. The number of nitrogens with two attached hydrogens (primary N) is 1. The van der Waals surface area contributed by atoms with E-state index in [9.17, 15) is 0 Å². The predicted molar refractivity (Wildman–Crippen MR) is 63.6 cm³/mol. The van der Waals surface area contributed by atoms with Crippen molar-refractivity contribution < 1.29 is 0 Å². The second-order valence-electron chi connectivity index (χ2n) is 3.44. The monoisotopic (exact) mass is 215 g/mol. The molecule has 0 amide bonds. The molecule has 1 nitrogen and oxygen atoms in total. The van der Waals surface area contributed by atoms with Gasteiger partial charge in [-0.1, -0.05) is 13.8 Å². The second-order valence-corrected chi connectivity index (χ2v) is 6.37. The van der Waals surface area contributed by atoms with E-state index in [4.69, 9.17) is 5.73 Å². The molecule has 0 aliphatic rings. The van der Waals surface area contributed by atoms with Crippen molar-refractivity contribution in [3.8, 4) is 0 Å². The number of aryl methyl sites for hydroxylation is 1. The average Bonchev–Trinajstić information content (AvgIpc) is 2.47. The fraction of sp³-hybridized carbons (Fsp3) is 0.600. The molecule has 1 rings (SSSR count). The minimum absolute atomic E-state index is 0.214. The van der Waals surface area contributed by atoms with Gasteiger partial charge >= 0.3 is 0 Å². The quantitative estimate of drug-likeness (QED) is 0.834. The molecule has 0 aliphatic carbocycles. The van der Waals surface area contributed by atoms with Crippen molar-refractivity contribution in [1.29, 1.82) is 0 Å². The molecule has 0 aliphatic heterocycles. The Hall–Kier alpha value is 0.01000. The van der Waals surface area contributed by atoms with Crippen LogP contribution >= 0.6 is 23.1 Å². The van der Waals surface area contributed by atoms with Gasteiger partial charge in [-0.2, -0.15) is 11.8 Å². The zero-order valence-corrected chi connectivity index (χ0v) is 10.0. The standard InChI is InChI=1S/C10H17NS2/c1-7(2)12-6-9(11)10-5-4-8(3)13-10/h4-5,7,9H,6,11H2,1-3H3. The van der Waals surface area contributed by atoms with Crippen LogP contribution in [-0.2, 0) is 0 Å². The fourth-order valence-electron chi connectivity index (χ4n) is 1.03. The van der Waals surface area contributed by atoms with Gasteiger partial charge in [0.15, 0.2) is 0 Å². The van der Waals surface area contributed by atoms with E-state index in [1.54, 1.807) is 0 Å². The molecule has 13 heavy (non-hydrogen) atoms. The molecule has 2 N–H and O–H groups in total. The average molecular weight is 215 g/mol. The lowest BCUT2D eigenvalue weighted by atomic mass is 10.3. The van der Waals surface area contributed by atoms with Gasteiger partial charge in [-0.25, -0.2) is 0 Å². The van der Waals surface area contributed by atoms with Gasteiger partial charge in [-0.05, 0) is 24.3 Å². The molecule has 1 unspecified atom stereocenters. The van der Waals surface area contributed by atoms with Gasteiger partial charge in [-0.3, -0.25) is 0 Å². The maximum absolute atomic E-state index is 6.05. The minimum Gasteiger partial charge on any atom is -0.323 e. The van der Waals surface area contributed by atoms with Gasteiger partial charge in [0.1, 0.15) is 0 Å². The Labute approximate surface area is 88.7 Å². The Bertz CT molecular complexity index is 255. The summed E-state index contributed by atoms with van der Waals surface area (Å²) in [7, 11) is 0. The van der Waals surface area contributed by atoms with E-state index >= 15 is 0 Å². The van der Waals surface area contributed by atoms with Crippen LogP contribution in [-0.4, -0.2) is 11.0 Å². The van der Waals surface area contributed by atoms with Gasteiger partial charge in [0, 0.05) is 21.5 Å². The van der Waals surface area contributed by atoms with Crippen LogP contribution in [0.25, 0.3) is 0 Å². The summed E-state index contributed by atoms with van der Waals surface area (Å²) in [6.07, 6.45) is 0. The molecule has 0 fully saturated rings. The maximum atomic E-state index is 6.05. The number of rotatable bonds is 4. The molecule has 0 saturated carbocycles. The fourth-order valence-corrected chi connectivity index (χ4v) is 2.79. The first-order valence-electron chi connectivity index (χ1n) is 4.53. The highest BCUT2D eigenvalue weighted by Gasteiger charge is 2.08. The first kappa shape index (κ1) is 11.1. The number of hydrogen-bond donors (Lipinski definition) is 1. The van der Waals surface area contributed by atoms with Crippen LogP contribution in [0.2, 0.25) is 0 Å². The summed E-state index contributed by atoms with van der Waals surface area (Å²) in [4.78, 5) is 2.66. The van der Waals surface area contributed by atoms with Gasteiger partial charge in [0.05, 0.1) is 0 Å². The topological polar surface area (TPSA) is 26.0 Å². The van der Waals surface area contributed by atoms with E-state index < -0.39 is 0 Å². The van der Waals surface area contributed by atoms with Crippen molar-refractivity contribution in [2.24, 2.45) is 5.73 Å². The van der Waals surface area contributed by atoms with Crippen LogP contribution in [0.15, 0.2) is 12.1 Å². The molecule has 1 aromatic rings. The lowest BCUT2D eigenvalue weighted by molar-refractivity contribution is 0.848. The van der Waals surface area contributed by atoms with E-state index in [1.807, 2.05) is 23.1 Å². The summed E-state index contributed by atoms with van der Waals surface area (Å²) >= 11 is 3.73. The van der Waals surface area contributed by atoms with E-state index in [2.05, 4.69) is 32.9 Å². The molecule has 1 aromatic heterocycles. The third-order valence-corrected chi connectivity index (χ3v) is 4.09. The summed E-state index contributed by atoms with van der Waals surface area (Å²) in [5.41, 5.74) is 6.05. The first-order valence-corrected chi connectivity index (χ1v) is 6.39. The van der Waals surface area contributed by atoms with Crippen LogP contribution in [0.1, 0.15) is 29.6 Å². The Kier molecular flexibility index (Phi) is 4.29. The number of hydrogen-bond acceptors (Lipinski definition) is 3. The lowest BCUT2D eigenvalue weighted by Crippen LogP contribution is -2.12. The molecule has 3 heteroatoms. The third-order valence-electron chi connectivity index (χ3n) is 1.74. The largest absolute Gasteiger partial charge is 0.323 e. The van der Waals surface area contributed by atoms with E-state index in [0.717, 1.165) is 5.75 Å². The normalized spacial score (nSPS) is 13.6. The van der Waals surface area contributed by atoms with Gasteiger partial charge in [0.2, 0.25) is 0 Å². The van der Waals surface area contributed by atoms with Crippen molar-refractivity contribution in [3.05, 3.63) is 21.9 Å². The van der Waals surface area contributed by atoms with Crippen molar-refractivity contribution in [2.75, 3.05) is 5.75 Å². The molecule has 74 valence electrons. The molecular formula is C10H17NS2. The highest BCUT2D eigenvalue weighted by atomic mass is 32.2. The smallest absolute Gasteiger partial charge is 0.0481 e. The van der Waals surface area contributed by atoms with E-state index in [0.29, 0.717) is 5.25 Å². The van der Waals surface area contributed by atoms with Crippen LogP contribution in [0.4, 0.5) is 0 Å². The highest BCUT2D eigenvalue weighted by molar-refractivity contribution is 7.99. The summed E-state index contributed by atoms with van der Waals surface area (Å²) in [6.45, 7) is 6.53.